The van der Waals surface area contributed by atoms with Crippen LogP contribution in [0.5, 0.6) is 11.5 Å². The van der Waals surface area contributed by atoms with E-state index in [1.807, 2.05) is 12.1 Å². The van der Waals surface area contributed by atoms with Gasteiger partial charge in [0.2, 0.25) is 0 Å². The van der Waals surface area contributed by atoms with E-state index in [0.717, 1.165) is 59.1 Å². The van der Waals surface area contributed by atoms with Gasteiger partial charge in [0, 0.05) is 35.1 Å². The summed E-state index contributed by atoms with van der Waals surface area (Å²) in [7, 11) is 0. The van der Waals surface area contributed by atoms with Crippen molar-refractivity contribution in [3.8, 4) is 11.5 Å². The van der Waals surface area contributed by atoms with E-state index in [4.69, 9.17) is 18.9 Å². The van der Waals surface area contributed by atoms with Crippen LogP contribution in [-0.4, -0.2) is 62.1 Å². The minimum atomic E-state index is -0.703. The molecule has 2 atom stereocenters. The molecule has 0 aliphatic heterocycles. The lowest BCUT2D eigenvalue weighted by Gasteiger charge is -2.26. The summed E-state index contributed by atoms with van der Waals surface area (Å²) < 4.78 is 24.7. The molecule has 2 aromatic rings. The van der Waals surface area contributed by atoms with Crippen molar-refractivity contribution in [3.63, 3.8) is 0 Å². The molecule has 0 spiro atoms. The lowest BCUT2D eigenvalue weighted by atomic mass is 9.87. The van der Waals surface area contributed by atoms with E-state index in [0.29, 0.717) is 13.2 Å². The molecular weight excluding hydrogens is 781 g/mol. The standard InChI is InChI=1S/C57H98O6/c1-4-6-8-10-12-14-16-18-20-22-24-26-28-30-32-36-42-60-45-50(58)47-62-56-52-38-34-35-39-53(52)57(55-44-49(3)40-41-54(55)56)63-48-51(59)46-61-43-37-33-31-29-27-25-23-21-19-17-15-13-11-9-7-5-2/h34-35,38-40,50-51,58-59H,4-33,36-37,41-48H2,1-3H3. The Hall–Kier alpha value is -2.12. The molecule has 2 N–H and O–H groups in total. The third-order valence-electron chi connectivity index (χ3n) is 13.2. The van der Waals surface area contributed by atoms with Crippen molar-refractivity contribution in [2.75, 3.05) is 39.6 Å². The van der Waals surface area contributed by atoms with Crippen molar-refractivity contribution in [3.05, 3.63) is 47.0 Å². The summed E-state index contributed by atoms with van der Waals surface area (Å²) in [6.45, 7) is 9.00. The highest BCUT2D eigenvalue weighted by Crippen LogP contribution is 2.44. The lowest BCUT2D eigenvalue weighted by molar-refractivity contribution is 0.0104. The summed E-state index contributed by atoms with van der Waals surface area (Å²) >= 11 is 0. The monoisotopic (exact) mass is 879 g/mol. The molecule has 63 heavy (non-hydrogen) atoms. The maximum atomic E-state index is 10.9. The summed E-state index contributed by atoms with van der Waals surface area (Å²) in [6.07, 6.45) is 45.7. The second kappa shape index (κ2) is 38.0. The number of benzene rings is 2. The predicted molar refractivity (Wildman–Crippen MR) is 269 cm³/mol. The zero-order valence-corrected chi connectivity index (χ0v) is 41.4. The average molecular weight is 879 g/mol. The number of aliphatic hydroxyl groups is 2. The molecule has 0 aromatic heterocycles. The van der Waals surface area contributed by atoms with E-state index in [1.165, 1.54) is 198 Å². The number of hydrogen-bond donors (Lipinski definition) is 2. The molecule has 0 saturated heterocycles. The smallest absolute Gasteiger partial charge is 0.131 e. The quantitative estimate of drug-likeness (QED) is 0.0510. The maximum Gasteiger partial charge on any atom is 0.131 e. The van der Waals surface area contributed by atoms with Gasteiger partial charge in [-0.3, -0.25) is 0 Å². The number of ether oxygens (including phenoxy) is 4. The highest BCUT2D eigenvalue weighted by molar-refractivity contribution is 5.96. The Kier molecular flexibility index (Phi) is 33.3. The summed E-state index contributed by atoms with van der Waals surface area (Å²) in [4.78, 5) is 0. The van der Waals surface area contributed by atoms with Crippen molar-refractivity contribution in [1.82, 2.24) is 0 Å². The van der Waals surface area contributed by atoms with Gasteiger partial charge in [0.25, 0.3) is 0 Å². The lowest BCUT2D eigenvalue weighted by Crippen LogP contribution is -2.25. The topological polar surface area (TPSA) is 77.4 Å². The van der Waals surface area contributed by atoms with Gasteiger partial charge in [-0.25, -0.2) is 0 Å². The molecule has 1 aliphatic rings. The number of unbranched alkanes of at least 4 members (excludes halogenated alkanes) is 30. The maximum absolute atomic E-state index is 10.9. The van der Waals surface area contributed by atoms with Crippen molar-refractivity contribution in [1.29, 1.82) is 0 Å². The Labute approximate surface area is 388 Å². The SMILES string of the molecule is CCCCCCCCCCCCCCCCCCOCC(O)COc1c2c(c(OCC(O)COCCCCCCCCCCCCCCCCCC)c3ccccc13)CC(C)=CC2. The summed E-state index contributed by atoms with van der Waals surface area (Å²) in [5, 5.41) is 23.7. The van der Waals surface area contributed by atoms with Gasteiger partial charge in [-0.15, -0.1) is 0 Å². The van der Waals surface area contributed by atoms with Crippen LogP contribution >= 0.6 is 0 Å². The zero-order valence-electron chi connectivity index (χ0n) is 41.4. The van der Waals surface area contributed by atoms with E-state index in [9.17, 15) is 10.2 Å². The van der Waals surface area contributed by atoms with Crippen LogP contribution in [0.2, 0.25) is 0 Å². The van der Waals surface area contributed by atoms with Crippen molar-refractivity contribution in [2.45, 2.75) is 251 Å². The van der Waals surface area contributed by atoms with Gasteiger partial charge in [0.1, 0.15) is 36.9 Å². The third-order valence-corrected chi connectivity index (χ3v) is 13.2. The Balaban J connectivity index is 1.26. The van der Waals surface area contributed by atoms with E-state index in [-0.39, 0.29) is 26.4 Å². The Morgan fingerprint density at radius 2 is 0.746 bits per heavy atom. The fourth-order valence-corrected chi connectivity index (χ4v) is 9.24. The van der Waals surface area contributed by atoms with Crippen LogP contribution in [0.1, 0.15) is 237 Å². The fraction of sp³-hybridized carbons (Fsp3) is 0.789. The Morgan fingerprint density at radius 3 is 1.10 bits per heavy atom. The summed E-state index contributed by atoms with van der Waals surface area (Å²) in [5.41, 5.74) is 3.50. The average Bonchev–Trinajstić information content (AvgIpc) is 3.29. The van der Waals surface area contributed by atoms with Crippen LogP contribution in [-0.2, 0) is 22.3 Å². The number of allylic oxidation sites excluding steroid dienone is 2. The Bertz CT molecular complexity index is 1400. The van der Waals surface area contributed by atoms with Crippen LogP contribution in [0.15, 0.2) is 35.9 Å². The molecular formula is C57H98O6. The molecule has 0 radical (unpaired) electrons. The second-order valence-electron chi connectivity index (χ2n) is 19.3. The van der Waals surface area contributed by atoms with E-state index in [2.05, 4.69) is 39.0 Å². The van der Waals surface area contributed by atoms with Crippen molar-refractivity contribution < 1.29 is 29.2 Å². The van der Waals surface area contributed by atoms with Crippen LogP contribution in [0.4, 0.5) is 0 Å². The third kappa shape index (κ3) is 26.0. The first-order valence-electron chi connectivity index (χ1n) is 27.0. The van der Waals surface area contributed by atoms with Crippen LogP contribution < -0.4 is 9.47 Å². The molecule has 6 heteroatoms. The largest absolute Gasteiger partial charge is 0.490 e. The van der Waals surface area contributed by atoms with Crippen molar-refractivity contribution in [2.24, 2.45) is 0 Å². The van der Waals surface area contributed by atoms with Gasteiger partial charge in [-0.05, 0) is 32.6 Å². The number of fused-ring (bicyclic) bond motifs is 2. The normalized spacial score (nSPS) is 13.6. The molecule has 0 saturated carbocycles. The van der Waals surface area contributed by atoms with E-state index < -0.39 is 12.2 Å². The molecule has 0 fully saturated rings. The number of aliphatic hydroxyl groups excluding tert-OH is 2. The van der Waals surface area contributed by atoms with Gasteiger partial charge >= 0.3 is 0 Å². The zero-order chi connectivity index (χ0) is 44.8. The molecule has 0 heterocycles. The predicted octanol–water partition coefficient (Wildman–Crippen LogP) is 15.9. The minimum Gasteiger partial charge on any atom is -0.490 e. The molecule has 6 nitrogen and oxygen atoms in total. The minimum absolute atomic E-state index is 0.174. The molecule has 1 aliphatic carbocycles. The highest BCUT2D eigenvalue weighted by atomic mass is 16.5. The molecule has 3 rings (SSSR count). The first kappa shape index (κ1) is 55.2. The fourth-order valence-electron chi connectivity index (χ4n) is 9.24. The van der Waals surface area contributed by atoms with Gasteiger partial charge < -0.3 is 29.2 Å². The Morgan fingerprint density at radius 1 is 0.429 bits per heavy atom. The van der Waals surface area contributed by atoms with Gasteiger partial charge in [-0.2, -0.15) is 0 Å². The van der Waals surface area contributed by atoms with E-state index in [1.54, 1.807) is 0 Å². The van der Waals surface area contributed by atoms with E-state index >= 15 is 0 Å². The number of hydrogen-bond acceptors (Lipinski definition) is 6. The summed E-state index contributed by atoms with van der Waals surface area (Å²) in [6, 6.07) is 8.19. The van der Waals surface area contributed by atoms with Crippen LogP contribution in [0.25, 0.3) is 10.8 Å². The molecule has 2 unspecified atom stereocenters. The molecule has 0 amide bonds. The molecule has 0 bridgehead atoms. The highest BCUT2D eigenvalue weighted by Gasteiger charge is 2.25. The first-order valence-corrected chi connectivity index (χ1v) is 27.0. The van der Waals surface area contributed by atoms with Gasteiger partial charge in [0.15, 0.2) is 0 Å². The van der Waals surface area contributed by atoms with Gasteiger partial charge in [-0.1, -0.05) is 242 Å². The van der Waals surface area contributed by atoms with Crippen molar-refractivity contribution >= 4 is 10.8 Å². The number of rotatable bonds is 44. The van der Waals surface area contributed by atoms with Crippen LogP contribution in [0.3, 0.4) is 0 Å². The van der Waals surface area contributed by atoms with Crippen LogP contribution in [0, 0.1) is 0 Å². The molecule has 2 aromatic carbocycles. The first-order chi connectivity index (χ1) is 31.0. The summed E-state index contributed by atoms with van der Waals surface area (Å²) in [5.74, 6) is 1.64. The van der Waals surface area contributed by atoms with Gasteiger partial charge in [0.05, 0.1) is 13.2 Å². The second-order valence-corrected chi connectivity index (χ2v) is 19.3. The molecule has 362 valence electrons.